The predicted molar refractivity (Wildman–Crippen MR) is 107 cm³/mol. The first-order chi connectivity index (χ1) is 15.1. The number of carbonyl (C=O) groups excluding carboxylic acids is 2. The van der Waals surface area contributed by atoms with Gasteiger partial charge in [-0.25, -0.2) is 4.79 Å². The van der Waals surface area contributed by atoms with Crippen LogP contribution in [-0.4, -0.2) is 47.1 Å². The number of hydrogen-bond donors (Lipinski definition) is 3. The Morgan fingerprint density at radius 1 is 1.16 bits per heavy atom. The van der Waals surface area contributed by atoms with Gasteiger partial charge >= 0.3 is 12.1 Å². The number of nitrogens with zero attached hydrogens (tertiary/aromatic N) is 1. The molecule has 0 spiro atoms. The zero-order valence-electron chi connectivity index (χ0n) is 16.9. The number of carbonyl (C=O) groups is 3. The van der Waals surface area contributed by atoms with Gasteiger partial charge in [-0.1, -0.05) is 18.2 Å². The number of anilines is 1. The van der Waals surface area contributed by atoms with Crippen LogP contribution in [0.1, 0.15) is 47.2 Å². The molecule has 0 radical (unpaired) electrons. The van der Waals surface area contributed by atoms with E-state index in [9.17, 15) is 22.8 Å². The van der Waals surface area contributed by atoms with Crippen LogP contribution in [0.25, 0.3) is 0 Å². The zero-order chi connectivity index (χ0) is 23.3. The van der Waals surface area contributed by atoms with Crippen LogP contribution in [0, 0.1) is 0 Å². The summed E-state index contributed by atoms with van der Waals surface area (Å²) in [4.78, 5) is 35.6. The van der Waals surface area contributed by atoms with Crippen LogP contribution in [0.15, 0.2) is 40.8 Å². The van der Waals surface area contributed by atoms with Crippen LogP contribution in [0.4, 0.5) is 18.9 Å². The lowest BCUT2D eigenvalue weighted by Gasteiger charge is -2.25. The van der Waals surface area contributed by atoms with Crippen molar-refractivity contribution >= 4 is 23.5 Å². The van der Waals surface area contributed by atoms with Gasteiger partial charge in [-0.15, -0.1) is 0 Å². The van der Waals surface area contributed by atoms with Crippen molar-refractivity contribution in [1.82, 2.24) is 10.2 Å². The van der Waals surface area contributed by atoms with Gasteiger partial charge in [-0.05, 0) is 49.7 Å². The van der Waals surface area contributed by atoms with E-state index in [0.717, 1.165) is 36.6 Å². The average molecular weight is 453 g/mol. The fraction of sp³-hybridized carbons (Fsp3) is 0.381. The van der Waals surface area contributed by atoms with Gasteiger partial charge in [0.15, 0.2) is 5.76 Å². The van der Waals surface area contributed by atoms with E-state index in [2.05, 4.69) is 15.5 Å². The van der Waals surface area contributed by atoms with Gasteiger partial charge in [-0.3, -0.25) is 14.5 Å². The number of rotatable bonds is 4. The number of halogens is 3. The van der Waals surface area contributed by atoms with Gasteiger partial charge in [0.2, 0.25) is 5.91 Å². The number of carboxylic acids is 1. The SMILES string of the molecule is O=C(O)C(F)(F)F.O=C1CC(NC(=O)c2ccc(CN3CCCC3)o2)c2ccccc2N1. The molecule has 1 unspecified atom stereocenters. The molecule has 0 bridgehead atoms. The van der Waals surface area contributed by atoms with E-state index in [-0.39, 0.29) is 30.0 Å². The second kappa shape index (κ2) is 9.86. The predicted octanol–water partition coefficient (Wildman–Crippen LogP) is 3.32. The van der Waals surface area contributed by atoms with Crippen molar-refractivity contribution in [2.75, 3.05) is 18.4 Å². The van der Waals surface area contributed by atoms with E-state index < -0.39 is 12.1 Å². The van der Waals surface area contributed by atoms with E-state index in [1.165, 1.54) is 12.8 Å². The van der Waals surface area contributed by atoms with Gasteiger partial charge in [-0.2, -0.15) is 13.2 Å². The molecule has 1 fully saturated rings. The Labute approximate surface area is 181 Å². The van der Waals surface area contributed by atoms with E-state index in [0.29, 0.717) is 0 Å². The Morgan fingerprint density at radius 3 is 2.47 bits per heavy atom. The first-order valence-electron chi connectivity index (χ1n) is 9.94. The fourth-order valence-corrected chi connectivity index (χ4v) is 3.52. The molecule has 1 saturated heterocycles. The molecule has 11 heteroatoms. The number of carboxylic acid groups (broad SMARTS) is 1. The van der Waals surface area contributed by atoms with Crippen LogP contribution in [-0.2, 0) is 16.1 Å². The van der Waals surface area contributed by atoms with Crippen LogP contribution < -0.4 is 10.6 Å². The summed E-state index contributed by atoms with van der Waals surface area (Å²) in [6.45, 7) is 2.90. The number of nitrogens with one attached hydrogen (secondary N) is 2. The molecule has 172 valence electrons. The Morgan fingerprint density at radius 2 is 1.81 bits per heavy atom. The van der Waals surface area contributed by atoms with Gasteiger partial charge in [0.05, 0.1) is 19.0 Å². The summed E-state index contributed by atoms with van der Waals surface area (Å²) in [5.74, 6) is -2.06. The van der Waals surface area contributed by atoms with Crippen molar-refractivity contribution in [1.29, 1.82) is 0 Å². The van der Waals surface area contributed by atoms with E-state index in [4.69, 9.17) is 14.3 Å². The number of alkyl halides is 3. The van der Waals surface area contributed by atoms with Crippen LogP contribution in [0.2, 0.25) is 0 Å². The Kier molecular flexibility index (Phi) is 7.18. The fourth-order valence-electron chi connectivity index (χ4n) is 3.52. The number of furan rings is 1. The highest BCUT2D eigenvalue weighted by Crippen LogP contribution is 2.30. The molecule has 2 aliphatic heterocycles. The molecular formula is C21H22F3N3O5. The second-order valence-electron chi connectivity index (χ2n) is 7.42. The standard InChI is InChI=1S/C19H21N3O3.C2HF3O2/c23-18-11-16(14-5-1-2-6-15(14)20-18)21-19(24)17-8-7-13(25-17)12-22-9-3-4-10-22;3-2(4,5)1(6)7/h1-2,5-8,16H,3-4,9-12H2,(H,20,23)(H,21,24);(H,6,7). The molecular weight excluding hydrogens is 431 g/mol. The molecule has 1 aromatic heterocycles. The molecule has 3 N–H and O–H groups in total. The first-order valence-corrected chi connectivity index (χ1v) is 9.94. The topological polar surface area (TPSA) is 112 Å². The quantitative estimate of drug-likeness (QED) is 0.655. The maximum Gasteiger partial charge on any atom is 0.490 e. The maximum absolute atomic E-state index is 12.5. The lowest BCUT2D eigenvalue weighted by Crippen LogP contribution is -2.35. The third kappa shape index (κ3) is 6.10. The highest BCUT2D eigenvalue weighted by molar-refractivity contribution is 5.97. The van der Waals surface area contributed by atoms with E-state index in [1.807, 2.05) is 30.3 Å². The van der Waals surface area contributed by atoms with Gasteiger partial charge in [0, 0.05) is 5.69 Å². The maximum atomic E-state index is 12.5. The third-order valence-corrected chi connectivity index (χ3v) is 5.01. The van der Waals surface area contributed by atoms with Gasteiger partial charge in [0.25, 0.3) is 5.91 Å². The number of para-hydroxylation sites is 1. The molecule has 3 heterocycles. The summed E-state index contributed by atoms with van der Waals surface area (Å²) >= 11 is 0. The van der Waals surface area contributed by atoms with E-state index >= 15 is 0 Å². The van der Waals surface area contributed by atoms with Crippen molar-refractivity contribution in [3.8, 4) is 0 Å². The summed E-state index contributed by atoms with van der Waals surface area (Å²) in [6.07, 6.45) is -2.42. The lowest BCUT2D eigenvalue weighted by molar-refractivity contribution is -0.192. The smallest absolute Gasteiger partial charge is 0.475 e. The van der Waals surface area contributed by atoms with Crippen molar-refractivity contribution in [3.05, 3.63) is 53.5 Å². The average Bonchev–Trinajstić information content (AvgIpc) is 3.40. The summed E-state index contributed by atoms with van der Waals surface area (Å²) in [6, 6.07) is 10.7. The lowest BCUT2D eigenvalue weighted by atomic mass is 9.97. The first kappa shape index (κ1) is 23.3. The normalized spacial score (nSPS) is 18.2. The van der Waals surface area contributed by atoms with Crippen LogP contribution >= 0.6 is 0 Å². The molecule has 2 amide bonds. The minimum Gasteiger partial charge on any atom is -0.475 e. The minimum absolute atomic E-state index is 0.0989. The number of benzene rings is 1. The Bertz CT molecular complexity index is 983. The summed E-state index contributed by atoms with van der Waals surface area (Å²) in [5.41, 5.74) is 1.66. The van der Waals surface area contributed by atoms with Crippen molar-refractivity contribution in [3.63, 3.8) is 0 Å². The van der Waals surface area contributed by atoms with Gasteiger partial charge < -0.3 is 20.2 Å². The minimum atomic E-state index is -5.08. The Hall–Kier alpha value is -3.34. The third-order valence-electron chi connectivity index (χ3n) is 5.01. The van der Waals surface area contributed by atoms with Crippen LogP contribution in [0.5, 0.6) is 0 Å². The Balaban J connectivity index is 0.000000360. The number of likely N-dealkylation sites (tertiary alicyclic amines) is 1. The monoisotopic (exact) mass is 453 g/mol. The molecule has 4 rings (SSSR count). The second-order valence-corrected chi connectivity index (χ2v) is 7.42. The van der Waals surface area contributed by atoms with Gasteiger partial charge in [0.1, 0.15) is 5.76 Å². The van der Waals surface area contributed by atoms with Crippen molar-refractivity contribution in [2.45, 2.75) is 38.0 Å². The summed E-state index contributed by atoms with van der Waals surface area (Å²) in [7, 11) is 0. The van der Waals surface area contributed by atoms with Crippen LogP contribution in [0.3, 0.4) is 0 Å². The molecule has 2 aromatic rings. The molecule has 1 atom stereocenters. The zero-order valence-corrected chi connectivity index (χ0v) is 16.9. The van der Waals surface area contributed by atoms with E-state index in [1.54, 1.807) is 6.07 Å². The molecule has 1 aromatic carbocycles. The number of aliphatic carboxylic acids is 1. The molecule has 0 saturated carbocycles. The largest absolute Gasteiger partial charge is 0.490 e. The highest BCUT2D eigenvalue weighted by atomic mass is 19.4. The molecule has 8 nitrogen and oxygen atoms in total. The number of hydrogen-bond acceptors (Lipinski definition) is 5. The van der Waals surface area contributed by atoms with Crippen molar-refractivity contribution in [2.24, 2.45) is 0 Å². The molecule has 2 aliphatic rings. The number of amides is 2. The van der Waals surface area contributed by atoms with Crippen molar-refractivity contribution < 1.29 is 37.1 Å². The molecule has 0 aliphatic carbocycles. The summed E-state index contributed by atoms with van der Waals surface area (Å²) in [5, 5.41) is 12.9. The highest BCUT2D eigenvalue weighted by Gasteiger charge is 2.38. The summed E-state index contributed by atoms with van der Waals surface area (Å²) < 4.78 is 37.4. The molecule has 32 heavy (non-hydrogen) atoms. The number of fused-ring (bicyclic) bond motifs is 1.